The molecule has 40 heavy (non-hydrogen) atoms. The number of carbonyl (C=O) groups excluding carboxylic acids is 2. The molecule has 0 fully saturated rings. The van der Waals surface area contributed by atoms with Crippen LogP contribution in [-0.2, 0) is 11.0 Å². The topological polar surface area (TPSA) is 87.5 Å². The molecule has 1 aliphatic rings. The molecule has 2 heterocycles. The lowest BCUT2D eigenvalue weighted by atomic mass is 9.81. The van der Waals surface area contributed by atoms with Crippen LogP contribution in [0.3, 0.4) is 0 Å². The average molecular weight is 553 g/mol. The molecule has 2 atom stereocenters. The number of carbonyl (C=O) groups is 2. The molecule has 7 nitrogen and oxygen atoms in total. The zero-order valence-electron chi connectivity index (χ0n) is 21.2. The molecular formula is C29H24F4N4O3. The second-order valence-electron chi connectivity index (χ2n) is 9.34. The fourth-order valence-electron chi connectivity index (χ4n) is 5.03. The highest BCUT2D eigenvalue weighted by Crippen LogP contribution is 2.43. The Labute approximate surface area is 226 Å². The summed E-state index contributed by atoms with van der Waals surface area (Å²) in [6.07, 6.45) is -4.66. The lowest BCUT2D eigenvalue weighted by Gasteiger charge is -2.38. The summed E-state index contributed by atoms with van der Waals surface area (Å²) in [5, 5.41) is 17.1. The largest absolute Gasteiger partial charge is 0.416 e. The lowest BCUT2D eigenvalue weighted by Crippen LogP contribution is -2.56. The van der Waals surface area contributed by atoms with Crippen LogP contribution in [0.2, 0.25) is 0 Å². The number of rotatable bonds is 6. The summed E-state index contributed by atoms with van der Waals surface area (Å²) in [7, 11) is 0. The molecule has 3 aromatic carbocycles. The number of amides is 2. The van der Waals surface area contributed by atoms with E-state index in [1.54, 1.807) is 35.9 Å². The predicted octanol–water partition coefficient (Wildman–Crippen LogP) is 4.61. The quantitative estimate of drug-likeness (QED) is 0.342. The number of benzene rings is 3. The molecule has 11 heteroatoms. The third-order valence-electron chi connectivity index (χ3n) is 6.81. The van der Waals surface area contributed by atoms with E-state index in [0.717, 1.165) is 12.1 Å². The van der Waals surface area contributed by atoms with Crippen LogP contribution in [0.4, 0.5) is 23.4 Å². The zero-order chi connectivity index (χ0) is 28.6. The number of aryl methyl sites for hydroxylation is 1. The number of halogens is 4. The van der Waals surface area contributed by atoms with Crippen molar-refractivity contribution in [2.45, 2.75) is 25.1 Å². The Morgan fingerprint density at radius 3 is 2.38 bits per heavy atom. The van der Waals surface area contributed by atoms with Gasteiger partial charge in [-0.05, 0) is 55.0 Å². The van der Waals surface area contributed by atoms with Gasteiger partial charge >= 0.3 is 6.18 Å². The molecule has 0 saturated heterocycles. The molecule has 1 aliphatic heterocycles. The number of anilines is 1. The molecule has 0 aliphatic carbocycles. The Hall–Kier alpha value is -4.51. The Balaban J connectivity index is 1.66. The minimum atomic E-state index is -4.66. The van der Waals surface area contributed by atoms with Gasteiger partial charge in [0.2, 0.25) is 0 Å². The van der Waals surface area contributed by atoms with Gasteiger partial charge in [0.1, 0.15) is 17.7 Å². The zero-order valence-corrected chi connectivity index (χ0v) is 21.2. The summed E-state index contributed by atoms with van der Waals surface area (Å²) in [4.78, 5) is 28.6. The van der Waals surface area contributed by atoms with E-state index in [2.05, 4.69) is 10.4 Å². The highest BCUT2D eigenvalue weighted by molar-refractivity contribution is 6.05. The SMILES string of the molecule is Cc1nn(-c2ccccc2)c2c1[C@H](c1ccc(F)cc1)[C@H](NC(=O)c1cccc(C(F)(F)F)c1)C(=O)N2CCO. The van der Waals surface area contributed by atoms with Gasteiger partial charge in [0, 0.05) is 17.0 Å². The van der Waals surface area contributed by atoms with Crippen LogP contribution in [0.1, 0.15) is 38.7 Å². The first kappa shape index (κ1) is 27.1. The van der Waals surface area contributed by atoms with Crippen LogP contribution in [0.15, 0.2) is 78.9 Å². The second kappa shape index (κ2) is 10.6. The number of fused-ring (bicyclic) bond motifs is 1. The van der Waals surface area contributed by atoms with Gasteiger partial charge in [-0.1, -0.05) is 36.4 Å². The van der Waals surface area contributed by atoms with Crippen molar-refractivity contribution in [1.82, 2.24) is 15.1 Å². The minimum absolute atomic E-state index is 0.129. The van der Waals surface area contributed by atoms with Crippen molar-refractivity contribution < 1.29 is 32.3 Å². The molecule has 2 N–H and O–H groups in total. The number of nitrogens with zero attached hydrogens (tertiary/aromatic N) is 3. The van der Waals surface area contributed by atoms with Gasteiger partial charge in [0.15, 0.2) is 0 Å². The van der Waals surface area contributed by atoms with Crippen LogP contribution < -0.4 is 10.2 Å². The van der Waals surface area contributed by atoms with Crippen molar-refractivity contribution in [1.29, 1.82) is 0 Å². The van der Waals surface area contributed by atoms with Gasteiger partial charge in [-0.3, -0.25) is 14.5 Å². The van der Waals surface area contributed by atoms with Crippen molar-refractivity contribution in [2.75, 3.05) is 18.1 Å². The number of hydrogen-bond acceptors (Lipinski definition) is 4. The molecule has 0 radical (unpaired) electrons. The Kier molecular flexibility index (Phi) is 7.16. The summed E-state index contributed by atoms with van der Waals surface area (Å²) in [5.41, 5.74) is 0.919. The summed E-state index contributed by atoms with van der Waals surface area (Å²) >= 11 is 0. The number of aromatic nitrogens is 2. The van der Waals surface area contributed by atoms with E-state index >= 15 is 0 Å². The summed E-state index contributed by atoms with van der Waals surface area (Å²) in [6.45, 7) is 1.20. The first-order valence-corrected chi connectivity index (χ1v) is 12.4. The monoisotopic (exact) mass is 552 g/mol. The molecule has 206 valence electrons. The Bertz CT molecular complexity index is 1550. The van der Waals surface area contributed by atoms with Crippen molar-refractivity contribution in [3.05, 3.63) is 113 Å². The van der Waals surface area contributed by atoms with Crippen molar-refractivity contribution in [3.8, 4) is 5.69 Å². The maximum absolute atomic E-state index is 14.0. The van der Waals surface area contributed by atoms with Gasteiger partial charge in [-0.15, -0.1) is 0 Å². The van der Waals surface area contributed by atoms with Crippen LogP contribution in [0.5, 0.6) is 0 Å². The van der Waals surface area contributed by atoms with Crippen LogP contribution >= 0.6 is 0 Å². The maximum Gasteiger partial charge on any atom is 0.416 e. The first-order chi connectivity index (χ1) is 19.1. The molecule has 2 amide bonds. The molecule has 1 aromatic heterocycles. The standard InChI is InChI=1S/C29H24F4N4O3/c1-17-23-24(18-10-12-21(30)13-11-18)25(34-26(39)19-6-5-7-20(16-19)29(31,32)33)28(40)36(14-15-38)27(23)37(35-17)22-8-3-2-4-9-22/h2-13,16,24-25,38H,14-15H2,1H3,(H,34,39)/t24-,25-/m0/s1. The number of aliphatic hydroxyl groups excluding tert-OH is 1. The number of para-hydroxylation sites is 1. The molecular weight excluding hydrogens is 528 g/mol. The van der Waals surface area contributed by atoms with E-state index in [4.69, 9.17) is 0 Å². The van der Waals surface area contributed by atoms with Gasteiger partial charge in [-0.25, -0.2) is 9.07 Å². The minimum Gasteiger partial charge on any atom is -0.395 e. The fourth-order valence-corrected chi connectivity index (χ4v) is 5.03. The maximum atomic E-state index is 14.0. The third-order valence-corrected chi connectivity index (χ3v) is 6.81. The van der Waals surface area contributed by atoms with Crippen LogP contribution in [0, 0.1) is 12.7 Å². The number of aliphatic hydroxyl groups is 1. The summed E-state index contributed by atoms with van der Waals surface area (Å²) < 4.78 is 55.3. The van der Waals surface area contributed by atoms with Crippen LogP contribution in [-0.4, -0.2) is 45.9 Å². The van der Waals surface area contributed by atoms with E-state index < -0.39 is 47.9 Å². The molecule has 4 aromatic rings. The van der Waals surface area contributed by atoms with E-state index in [9.17, 15) is 32.3 Å². The second-order valence-corrected chi connectivity index (χ2v) is 9.34. The highest BCUT2D eigenvalue weighted by atomic mass is 19.4. The van der Waals surface area contributed by atoms with E-state index in [1.807, 2.05) is 6.07 Å². The van der Waals surface area contributed by atoms with E-state index in [0.29, 0.717) is 34.4 Å². The Morgan fingerprint density at radius 1 is 1.02 bits per heavy atom. The van der Waals surface area contributed by atoms with Gasteiger partial charge < -0.3 is 10.4 Å². The third kappa shape index (κ3) is 4.95. The molecule has 0 spiro atoms. The predicted molar refractivity (Wildman–Crippen MR) is 139 cm³/mol. The average Bonchev–Trinajstić information content (AvgIpc) is 3.28. The van der Waals surface area contributed by atoms with E-state index in [-0.39, 0.29) is 12.1 Å². The number of hydrogen-bond donors (Lipinski definition) is 2. The highest BCUT2D eigenvalue weighted by Gasteiger charge is 2.46. The number of alkyl halides is 3. The Morgan fingerprint density at radius 2 is 1.73 bits per heavy atom. The number of nitrogens with one attached hydrogen (secondary N) is 1. The van der Waals surface area contributed by atoms with Gasteiger partial charge in [-0.2, -0.15) is 18.3 Å². The van der Waals surface area contributed by atoms with E-state index in [1.165, 1.54) is 35.2 Å². The summed E-state index contributed by atoms with van der Waals surface area (Å²) in [5.74, 6) is -2.48. The normalized spacial score (nSPS) is 17.1. The van der Waals surface area contributed by atoms with Gasteiger partial charge in [0.25, 0.3) is 11.8 Å². The molecule has 5 rings (SSSR count). The smallest absolute Gasteiger partial charge is 0.395 e. The van der Waals surface area contributed by atoms with Crippen molar-refractivity contribution in [3.63, 3.8) is 0 Å². The summed E-state index contributed by atoms with van der Waals surface area (Å²) in [6, 6.07) is 17.0. The number of β-amino-alcohol motifs (C(OH)–C–C–N with tert-alkyl or cyclic N) is 1. The lowest BCUT2D eigenvalue weighted by molar-refractivity contribution is -0.137. The first-order valence-electron chi connectivity index (χ1n) is 12.4. The molecule has 0 saturated carbocycles. The van der Waals surface area contributed by atoms with Crippen LogP contribution in [0.25, 0.3) is 5.69 Å². The molecule has 0 bridgehead atoms. The molecule has 0 unspecified atom stereocenters. The van der Waals surface area contributed by atoms with Crippen molar-refractivity contribution >= 4 is 17.6 Å². The fraction of sp³-hybridized carbons (Fsp3) is 0.207. The van der Waals surface area contributed by atoms with Crippen molar-refractivity contribution in [2.24, 2.45) is 0 Å². The van der Waals surface area contributed by atoms with Gasteiger partial charge in [0.05, 0.1) is 30.1 Å².